The van der Waals surface area contributed by atoms with Crippen molar-refractivity contribution in [3.8, 4) is 0 Å². The number of carbonyl (C=O) groups is 2. The highest BCUT2D eigenvalue weighted by Crippen LogP contribution is 2.22. The van der Waals surface area contributed by atoms with Gasteiger partial charge in [-0.3, -0.25) is 9.59 Å². The fourth-order valence-corrected chi connectivity index (χ4v) is 2.23. The number of aryl methyl sites for hydroxylation is 1. The maximum Gasteiger partial charge on any atom is 0.290 e. The Kier molecular flexibility index (Phi) is 4.60. The molecule has 2 aromatic rings. The molecule has 116 valence electrons. The van der Waals surface area contributed by atoms with Gasteiger partial charge in [-0.2, -0.15) is 0 Å². The predicted octanol–water partition coefficient (Wildman–Crippen LogP) is 2.28. The number of hydrogen-bond donors (Lipinski definition) is 1. The highest BCUT2D eigenvalue weighted by molar-refractivity contribution is 5.95. The van der Waals surface area contributed by atoms with Crippen molar-refractivity contribution >= 4 is 11.8 Å². The van der Waals surface area contributed by atoms with E-state index in [2.05, 4.69) is 0 Å². The van der Waals surface area contributed by atoms with Gasteiger partial charge in [-0.15, -0.1) is 0 Å². The zero-order valence-electron chi connectivity index (χ0n) is 12.4. The molecule has 5 nitrogen and oxygen atoms in total. The van der Waals surface area contributed by atoms with Gasteiger partial charge in [0.1, 0.15) is 17.6 Å². The summed E-state index contributed by atoms with van der Waals surface area (Å²) >= 11 is 0. The Morgan fingerprint density at radius 1 is 1.32 bits per heavy atom. The van der Waals surface area contributed by atoms with E-state index in [1.54, 1.807) is 18.2 Å². The maximum atomic E-state index is 13.4. The number of benzene rings is 1. The summed E-state index contributed by atoms with van der Waals surface area (Å²) in [5.41, 5.74) is 5.69. The first-order valence-electron chi connectivity index (χ1n) is 6.84. The number of primary amides is 1. The van der Waals surface area contributed by atoms with E-state index < -0.39 is 23.7 Å². The van der Waals surface area contributed by atoms with Crippen LogP contribution >= 0.6 is 0 Å². The van der Waals surface area contributed by atoms with Crippen LogP contribution in [-0.4, -0.2) is 23.8 Å². The molecule has 0 spiro atoms. The Hall–Kier alpha value is -2.63. The number of rotatable bonds is 5. The first kappa shape index (κ1) is 15.8. The molecule has 2 N–H and O–H groups in total. The normalized spacial score (nSPS) is 12.0. The van der Waals surface area contributed by atoms with E-state index in [4.69, 9.17) is 10.2 Å². The lowest BCUT2D eigenvalue weighted by atomic mass is 10.0. The molecule has 0 saturated heterocycles. The number of carbonyl (C=O) groups excluding carboxylic acids is 2. The summed E-state index contributed by atoms with van der Waals surface area (Å²) in [6, 6.07) is 7.60. The summed E-state index contributed by atoms with van der Waals surface area (Å²) in [4.78, 5) is 25.3. The van der Waals surface area contributed by atoms with Crippen molar-refractivity contribution in [2.45, 2.75) is 19.4 Å². The van der Waals surface area contributed by atoms with Gasteiger partial charge in [-0.05, 0) is 29.8 Å². The molecule has 2 amide bonds. The van der Waals surface area contributed by atoms with Gasteiger partial charge in [0.05, 0.1) is 0 Å². The summed E-state index contributed by atoms with van der Waals surface area (Å²) in [7, 11) is 1.43. The van der Waals surface area contributed by atoms with Crippen molar-refractivity contribution in [2.75, 3.05) is 7.05 Å². The van der Waals surface area contributed by atoms with Gasteiger partial charge in [-0.25, -0.2) is 4.39 Å². The molecular weight excluding hydrogens is 287 g/mol. The van der Waals surface area contributed by atoms with Crippen LogP contribution in [0, 0.1) is 5.82 Å². The van der Waals surface area contributed by atoms with Crippen LogP contribution in [0.4, 0.5) is 4.39 Å². The lowest BCUT2D eigenvalue weighted by Gasteiger charge is -2.25. The molecule has 0 saturated carbocycles. The van der Waals surface area contributed by atoms with Crippen LogP contribution in [0.15, 0.2) is 40.8 Å². The van der Waals surface area contributed by atoms with Crippen molar-refractivity contribution in [1.29, 1.82) is 0 Å². The Balaban J connectivity index is 2.32. The third-order valence-electron chi connectivity index (χ3n) is 3.36. The zero-order chi connectivity index (χ0) is 16.3. The maximum absolute atomic E-state index is 13.4. The van der Waals surface area contributed by atoms with Crippen molar-refractivity contribution < 1.29 is 18.4 Å². The van der Waals surface area contributed by atoms with E-state index in [1.807, 2.05) is 6.92 Å². The van der Waals surface area contributed by atoms with Gasteiger partial charge in [0.15, 0.2) is 5.76 Å². The fraction of sp³-hybridized carbons (Fsp3) is 0.250. The summed E-state index contributed by atoms with van der Waals surface area (Å²) in [5, 5.41) is 0. The molecule has 1 aromatic heterocycles. The van der Waals surface area contributed by atoms with Crippen LogP contribution in [0.3, 0.4) is 0 Å². The van der Waals surface area contributed by atoms with E-state index in [0.717, 1.165) is 4.90 Å². The second-order valence-electron chi connectivity index (χ2n) is 4.90. The molecule has 0 aliphatic heterocycles. The van der Waals surface area contributed by atoms with Crippen LogP contribution in [0.2, 0.25) is 0 Å². The zero-order valence-corrected chi connectivity index (χ0v) is 12.4. The summed E-state index contributed by atoms with van der Waals surface area (Å²) < 4.78 is 18.7. The number of furan rings is 1. The van der Waals surface area contributed by atoms with E-state index in [9.17, 15) is 14.0 Å². The minimum atomic E-state index is -1.07. The van der Waals surface area contributed by atoms with E-state index >= 15 is 0 Å². The molecule has 6 heteroatoms. The minimum Gasteiger partial charge on any atom is -0.456 e. The molecule has 0 bridgehead atoms. The largest absolute Gasteiger partial charge is 0.456 e. The molecular formula is C16H17FN2O3. The Bertz CT molecular complexity index is 696. The smallest absolute Gasteiger partial charge is 0.290 e. The SMILES string of the molecule is CCc1ccc(C(=O)N(C)C(C(N)=O)c2cccc(F)c2)o1. The molecule has 1 aromatic carbocycles. The second-order valence-corrected chi connectivity index (χ2v) is 4.90. The van der Waals surface area contributed by atoms with Crippen molar-refractivity contribution in [1.82, 2.24) is 4.90 Å². The number of nitrogens with two attached hydrogens (primary N) is 1. The summed E-state index contributed by atoms with van der Waals surface area (Å²) in [6.45, 7) is 1.90. The van der Waals surface area contributed by atoms with Gasteiger partial charge in [0.25, 0.3) is 5.91 Å². The first-order valence-corrected chi connectivity index (χ1v) is 6.84. The van der Waals surface area contributed by atoms with Crippen LogP contribution in [0.25, 0.3) is 0 Å². The molecule has 1 heterocycles. The highest BCUT2D eigenvalue weighted by Gasteiger charge is 2.29. The van der Waals surface area contributed by atoms with Gasteiger partial charge in [0.2, 0.25) is 5.91 Å². The summed E-state index contributed by atoms with van der Waals surface area (Å²) in [6.07, 6.45) is 0.653. The fourth-order valence-electron chi connectivity index (χ4n) is 2.23. The molecule has 0 aliphatic carbocycles. The first-order chi connectivity index (χ1) is 10.4. The average Bonchev–Trinajstić information content (AvgIpc) is 2.95. The molecule has 0 radical (unpaired) electrons. The second kappa shape index (κ2) is 6.43. The van der Waals surface area contributed by atoms with Crippen molar-refractivity contribution in [3.05, 3.63) is 59.3 Å². The number of amides is 2. The van der Waals surface area contributed by atoms with Gasteiger partial charge in [0, 0.05) is 13.5 Å². The molecule has 0 fully saturated rings. The number of halogens is 1. The third-order valence-corrected chi connectivity index (χ3v) is 3.36. The van der Waals surface area contributed by atoms with Crippen LogP contribution in [0.1, 0.15) is 34.8 Å². The van der Waals surface area contributed by atoms with E-state index in [0.29, 0.717) is 17.7 Å². The molecule has 2 rings (SSSR count). The van der Waals surface area contributed by atoms with Crippen LogP contribution < -0.4 is 5.73 Å². The van der Waals surface area contributed by atoms with Crippen molar-refractivity contribution in [3.63, 3.8) is 0 Å². The average molecular weight is 304 g/mol. The molecule has 1 atom stereocenters. The monoisotopic (exact) mass is 304 g/mol. The van der Waals surface area contributed by atoms with E-state index in [-0.39, 0.29) is 5.76 Å². The van der Waals surface area contributed by atoms with Crippen molar-refractivity contribution in [2.24, 2.45) is 5.73 Å². The van der Waals surface area contributed by atoms with Crippen LogP contribution in [0.5, 0.6) is 0 Å². The minimum absolute atomic E-state index is 0.113. The molecule has 1 unspecified atom stereocenters. The van der Waals surface area contributed by atoms with Gasteiger partial charge >= 0.3 is 0 Å². The predicted molar refractivity (Wildman–Crippen MR) is 78.5 cm³/mol. The Labute approximate surface area is 127 Å². The number of nitrogens with zero attached hydrogens (tertiary/aromatic N) is 1. The molecule has 22 heavy (non-hydrogen) atoms. The summed E-state index contributed by atoms with van der Waals surface area (Å²) in [5.74, 6) is -0.965. The van der Waals surface area contributed by atoms with Gasteiger partial charge in [-0.1, -0.05) is 19.1 Å². The lowest BCUT2D eigenvalue weighted by molar-refractivity contribution is -0.122. The molecule has 0 aliphatic rings. The van der Waals surface area contributed by atoms with Crippen LogP contribution in [-0.2, 0) is 11.2 Å². The standard InChI is InChI=1S/C16H17FN2O3/c1-3-12-7-8-13(22-12)16(21)19(2)14(15(18)20)10-5-4-6-11(17)9-10/h4-9,14H,3H2,1-2H3,(H2,18,20). The van der Waals surface area contributed by atoms with E-state index in [1.165, 1.54) is 25.2 Å². The number of hydrogen-bond acceptors (Lipinski definition) is 3. The lowest BCUT2D eigenvalue weighted by Crippen LogP contribution is -2.39. The quantitative estimate of drug-likeness (QED) is 0.920. The number of likely N-dealkylation sites (N-methyl/N-ethyl adjacent to an activating group) is 1. The van der Waals surface area contributed by atoms with Gasteiger partial charge < -0.3 is 15.1 Å². The Morgan fingerprint density at radius 2 is 2.05 bits per heavy atom. The third kappa shape index (κ3) is 3.16. The highest BCUT2D eigenvalue weighted by atomic mass is 19.1. The Morgan fingerprint density at radius 3 is 2.59 bits per heavy atom. The topological polar surface area (TPSA) is 76.5 Å².